The van der Waals surface area contributed by atoms with E-state index in [0.29, 0.717) is 58.2 Å². The van der Waals surface area contributed by atoms with Gasteiger partial charge in [-0.2, -0.15) is 4.98 Å². The standard InChI is InChI=1S/C26H30N4O4S/c1-6-9-22(31)30-20-11-8-7-10-18(20)23-24(27-26(29-28-23)35-15-16(2)3)34-25(30)19-14-17(32-4)12-13-21(19)33-5/h7-8,10-14,16,25H,6,9,15H2,1-5H3. The van der Waals surface area contributed by atoms with Crippen molar-refractivity contribution < 1.29 is 19.0 Å². The second kappa shape index (κ2) is 10.9. The molecule has 0 fully saturated rings. The highest BCUT2D eigenvalue weighted by atomic mass is 32.2. The lowest BCUT2D eigenvalue weighted by atomic mass is 10.1. The molecule has 184 valence electrons. The van der Waals surface area contributed by atoms with Crippen molar-refractivity contribution in [3.63, 3.8) is 0 Å². The van der Waals surface area contributed by atoms with Gasteiger partial charge < -0.3 is 14.2 Å². The quantitative estimate of drug-likeness (QED) is 0.378. The molecule has 3 aromatic rings. The van der Waals surface area contributed by atoms with E-state index in [1.54, 1.807) is 25.2 Å². The number of hydrogen-bond acceptors (Lipinski definition) is 8. The number of benzene rings is 2. The minimum absolute atomic E-state index is 0.0787. The number of para-hydroxylation sites is 1. The molecule has 1 unspecified atom stereocenters. The van der Waals surface area contributed by atoms with E-state index in [1.807, 2.05) is 43.3 Å². The summed E-state index contributed by atoms with van der Waals surface area (Å²) >= 11 is 1.53. The van der Waals surface area contributed by atoms with Gasteiger partial charge in [0.25, 0.3) is 0 Å². The van der Waals surface area contributed by atoms with Gasteiger partial charge in [-0.1, -0.05) is 50.7 Å². The Labute approximate surface area is 210 Å². The summed E-state index contributed by atoms with van der Waals surface area (Å²) in [6, 6.07) is 13.0. The normalized spacial score (nSPS) is 14.6. The number of anilines is 1. The van der Waals surface area contributed by atoms with Gasteiger partial charge in [-0.25, -0.2) is 0 Å². The molecule has 0 spiro atoms. The Kier molecular flexibility index (Phi) is 7.75. The van der Waals surface area contributed by atoms with Crippen molar-refractivity contribution in [1.29, 1.82) is 0 Å². The van der Waals surface area contributed by atoms with Crippen LogP contribution < -0.4 is 19.1 Å². The number of nitrogens with zero attached hydrogens (tertiary/aromatic N) is 4. The molecule has 4 rings (SSSR count). The van der Waals surface area contributed by atoms with Gasteiger partial charge in [-0.05, 0) is 36.6 Å². The highest BCUT2D eigenvalue weighted by Gasteiger charge is 2.37. The summed E-state index contributed by atoms with van der Waals surface area (Å²) < 4.78 is 17.7. The van der Waals surface area contributed by atoms with Crippen LogP contribution in [0.3, 0.4) is 0 Å². The summed E-state index contributed by atoms with van der Waals surface area (Å²) in [7, 11) is 3.19. The second-order valence-corrected chi connectivity index (χ2v) is 9.55. The molecule has 1 aliphatic rings. The third-order valence-electron chi connectivity index (χ3n) is 5.49. The van der Waals surface area contributed by atoms with E-state index in [2.05, 4.69) is 24.0 Å². The van der Waals surface area contributed by atoms with E-state index in [1.165, 1.54) is 11.8 Å². The first-order valence-corrected chi connectivity index (χ1v) is 12.6. The molecular formula is C26H30N4O4S. The average Bonchev–Trinajstić information content (AvgIpc) is 3.01. The van der Waals surface area contributed by atoms with E-state index in [0.717, 1.165) is 11.3 Å². The third-order valence-corrected chi connectivity index (χ3v) is 6.76. The van der Waals surface area contributed by atoms with Gasteiger partial charge in [0.2, 0.25) is 23.2 Å². The van der Waals surface area contributed by atoms with Crippen LogP contribution in [0.15, 0.2) is 47.6 Å². The monoisotopic (exact) mass is 494 g/mol. The fraction of sp³-hybridized carbons (Fsp3) is 0.385. The maximum Gasteiger partial charge on any atom is 0.247 e. The number of ether oxygens (including phenoxy) is 3. The van der Waals surface area contributed by atoms with Crippen LogP contribution in [0, 0.1) is 5.92 Å². The average molecular weight is 495 g/mol. The molecule has 35 heavy (non-hydrogen) atoms. The van der Waals surface area contributed by atoms with Crippen molar-refractivity contribution >= 4 is 23.4 Å². The number of thioether (sulfide) groups is 1. The van der Waals surface area contributed by atoms with E-state index < -0.39 is 6.23 Å². The van der Waals surface area contributed by atoms with Crippen molar-refractivity contribution in [3.05, 3.63) is 48.0 Å². The van der Waals surface area contributed by atoms with Crippen LogP contribution in [0.4, 0.5) is 5.69 Å². The van der Waals surface area contributed by atoms with E-state index in [9.17, 15) is 4.79 Å². The molecule has 0 bridgehead atoms. The minimum Gasteiger partial charge on any atom is -0.497 e. The van der Waals surface area contributed by atoms with Gasteiger partial charge in [0.1, 0.15) is 11.5 Å². The Balaban J connectivity index is 1.93. The lowest BCUT2D eigenvalue weighted by molar-refractivity contribution is -0.120. The summed E-state index contributed by atoms with van der Waals surface area (Å²) in [5, 5.41) is 9.36. The first-order valence-electron chi connectivity index (χ1n) is 11.6. The molecule has 9 heteroatoms. The second-order valence-electron chi connectivity index (χ2n) is 8.56. The first-order chi connectivity index (χ1) is 17.0. The Morgan fingerprint density at radius 2 is 1.94 bits per heavy atom. The number of carbonyl (C=O) groups excluding carboxylic acids is 1. The number of hydrogen-bond donors (Lipinski definition) is 0. The smallest absolute Gasteiger partial charge is 0.247 e. The van der Waals surface area contributed by atoms with Gasteiger partial charge in [-0.3, -0.25) is 9.69 Å². The summed E-state index contributed by atoms with van der Waals surface area (Å²) in [6.07, 6.45) is 0.201. The molecule has 1 aromatic heterocycles. The maximum atomic E-state index is 13.6. The fourth-order valence-corrected chi connectivity index (χ4v) is 4.58. The molecule has 0 radical (unpaired) electrons. The lowest BCUT2D eigenvalue weighted by Crippen LogP contribution is -2.37. The summed E-state index contributed by atoms with van der Waals surface area (Å²) in [4.78, 5) is 19.9. The molecule has 1 atom stereocenters. The molecule has 0 aliphatic carbocycles. The summed E-state index contributed by atoms with van der Waals surface area (Å²) in [5.41, 5.74) is 2.55. The Morgan fingerprint density at radius 3 is 2.66 bits per heavy atom. The van der Waals surface area contributed by atoms with Gasteiger partial charge in [0, 0.05) is 17.7 Å². The van der Waals surface area contributed by atoms with Crippen molar-refractivity contribution in [1.82, 2.24) is 15.2 Å². The lowest BCUT2D eigenvalue weighted by Gasteiger charge is -2.31. The van der Waals surface area contributed by atoms with Gasteiger partial charge in [0.15, 0.2) is 5.69 Å². The Bertz CT molecular complexity index is 1200. The van der Waals surface area contributed by atoms with E-state index in [4.69, 9.17) is 19.2 Å². The van der Waals surface area contributed by atoms with Crippen LogP contribution >= 0.6 is 11.8 Å². The zero-order valence-electron chi connectivity index (χ0n) is 20.6. The van der Waals surface area contributed by atoms with Crippen LogP contribution in [-0.4, -0.2) is 41.1 Å². The molecule has 2 aromatic carbocycles. The summed E-state index contributed by atoms with van der Waals surface area (Å²) in [6.45, 7) is 6.25. The zero-order valence-corrected chi connectivity index (χ0v) is 21.5. The van der Waals surface area contributed by atoms with Crippen LogP contribution in [0.2, 0.25) is 0 Å². The maximum absolute atomic E-state index is 13.6. The highest BCUT2D eigenvalue weighted by molar-refractivity contribution is 7.99. The van der Waals surface area contributed by atoms with Gasteiger partial charge in [-0.15, -0.1) is 10.2 Å². The number of rotatable bonds is 8. The van der Waals surface area contributed by atoms with Crippen molar-refractivity contribution in [2.45, 2.75) is 45.0 Å². The topological polar surface area (TPSA) is 86.7 Å². The predicted molar refractivity (Wildman–Crippen MR) is 136 cm³/mol. The minimum atomic E-state index is -0.846. The van der Waals surface area contributed by atoms with Crippen LogP contribution in [-0.2, 0) is 4.79 Å². The predicted octanol–water partition coefficient (Wildman–Crippen LogP) is 5.53. The van der Waals surface area contributed by atoms with Gasteiger partial charge >= 0.3 is 0 Å². The molecule has 8 nitrogen and oxygen atoms in total. The van der Waals surface area contributed by atoms with E-state index >= 15 is 0 Å². The third kappa shape index (κ3) is 5.19. The number of carbonyl (C=O) groups is 1. The molecule has 2 heterocycles. The Morgan fingerprint density at radius 1 is 1.14 bits per heavy atom. The molecule has 1 amide bonds. The Hall–Kier alpha value is -3.33. The van der Waals surface area contributed by atoms with Crippen molar-refractivity contribution in [3.8, 4) is 28.6 Å². The first kappa shape index (κ1) is 24.8. The van der Waals surface area contributed by atoms with Crippen LogP contribution in [0.1, 0.15) is 45.4 Å². The number of fused-ring (bicyclic) bond motifs is 3. The number of amides is 1. The number of aromatic nitrogens is 3. The fourth-order valence-electron chi connectivity index (χ4n) is 3.85. The van der Waals surface area contributed by atoms with Crippen LogP contribution in [0.25, 0.3) is 11.3 Å². The summed E-state index contributed by atoms with van der Waals surface area (Å²) in [5.74, 6) is 2.76. The number of methoxy groups -OCH3 is 2. The highest BCUT2D eigenvalue weighted by Crippen LogP contribution is 2.45. The van der Waals surface area contributed by atoms with Crippen molar-refractivity contribution in [2.24, 2.45) is 5.92 Å². The van der Waals surface area contributed by atoms with Crippen molar-refractivity contribution in [2.75, 3.05) is 24.9 Å². The zero-order chi connectivity index (χ0) is 24.9. The van der Waals surface area contributed by atoms with Crippen LogP contribution in [0.5, 0.6) is 17.4 Å². The van der Waals surface area contributed by atoms with E-state index in [-0.39, 0.29) is 5.91 Å². The molecular weight excluding hydrogens is 464 g/mol. The molecule has 0 saturated carbocycles. The largest absolute Gasteiger partial charge is 0.497 e. The molecule has 0 N–H and O–H groups in total. The molecule has 1 aliphatic heterocycles. The molecule has 0 saturated heterocycles. The SMILES string of the molecule is CCCC(=O)N1c2ccccc2-c2nnc(SCC(C)C)nc2OC1c1cc(OC)ccc1OC. The van der Waals surface area contributed by atoms with Gasteiger partial charge in [0.05, 0.1) is 25.5 Å².